The Morgan fingerprint density at radius 3 is 2.13 bits per heavy atom. The first-order valence-electron chi connectivity index (χ1n) is 10.4. The van der Waals surface area contributed by atoms with Crippen LogP contribution in [-0.4, -0.2) is 32.0 Å². The van der Waals surface area contributed by atoms with Crippen molar-refractivity contribution < 1.29 is 18.0 Å². The summed E-state index contributed by atoms with van der Waals surface area (Å²) in [7, 11) is -3.63. The predicted molar refractivity (Wildman–Crippen MR) is 118 cm³/mol. The van der Waals surface area contributed by atoms with Crippen LogP contribution in [0, 0.1) is 0 Å². The van der Waals surface area contributed by atoms with E-state index in [-0.39, 0.29) is 17.7 Å². The number of para-hydroxylation sites is 1. The van der Waals surface area contributed by atoms with E-state index in [2.05, 4.69) is 10.6 Å². The third kappa shape index (κ3) is 6.99. The lowest BCUT2D eigenvalue weighted by atomic mass is 10.1. The standard InChI is InChI=1S/C23H28N2O4S/c26-22(24-20-8-6-3-7-9-20)17-30(28,29)16-18-12-14-19(15-13-18)23(27)25-21-10-4-1-2-5-11-21/h3,6-9,12-15,21H,1-2,4-5,10-11,16-17H2,(H,24,26)(H,25,27). The molecule has 0 spiro atoms. The third-order valence-electron chi connectivity index (χ3n) is 5.20. The maximum absolute atomic E-state index is 12.5. The van der Waals surface area contributed by atoms with E-state index in [1.54, 1.807) is 48.5 Å². The summed E-state index contributed by atoms with van der Waals surface area (Å²) in [6, 6.07) is 15.5. The number of anilines is 1. The monoisotopic (exact) mass is 428 g/mol. The van der Waals surface area contributed by atoms with Crippen molar-refractivity contribution in [3.8, 4) is 0 Å². The van der Waals surface area contributed by atoms with Crippen LogP contribution in [0.15, 0.2) is 54.6 Å². The highest BCUT2D eigenvalue weighted by molar-refractivity contribution is 7.91. The van der Waals surface area contributed by atoms with Crippen LogP contribution in [0.25, 0.3) is 0 Å². The molecule has 2 aromatic rings. The van der Waals surface area contributed by atoms with E-state index in [1.165, 1.54) is 12.8 Å². The number of amides is 2. The lowest BCUT2D eigenvalue weighted by molar-refractivity contribution is -0.113. The van der Waals surface area contributed by atoms with Gasteiger partial charge in [0.15, 0.2) is 9.84 Å². The van der Waals surface area contributed by atoms with Crippen LogP contribution in [0.1, 0.15) is 54.4 Å². The van der Waals surface area contributed by atoms with Crippen molar-refractivity contribution in [3.05, 3.63) is 65.7 Å². The van der Waals surface area contributed by atoms with Gasteiger partial charge in [-0.3, -0.25) is 9.59 Å². The maximum Gasteiger partial charge on any atom is 0.251 e. The summed E-state index contributed by atoms with van der Waals surface area (Å²) >= 11 is 0. The van der Waals surface area contributed by atoms with E-state index in [1.807, 2.05) is 6.07 Å². The highest BCUT2D eigenvalue weighted by Crippen LogP contribution is 2.18. The van der Waals surface area contributed by atoms with E-state index in [0.717, 1.165) is 25.7 Å². The zero-order valence-electron chi connectivity index (χ0n) is 17.0. The van der Waals surface area contributed by atoms with E-state index < -0.39 is 21.5 Å². The molecule has 0 aliphatic heterocycles. The normalized spacial score (nSPS) is 15.2. The van der Waals surface area contributed by atoms with Crippen molar-refractivity contribution in [2.24, 2.45) is 0 Å². The SMILES string of the molecule is O=C(CS(=O)(=O)Cc1ccc(C(=O)NC2CCCCCC2)cc1)Nc1ccccc1. The first-order chi connectivity index (χ1) is 14.4. The molecule has 0 radical (unpaired) electrons. The van der Waals surface area contributed by atoms with Gasteiger partial charge in [-0.25, -0.2) is 8.42 Å². The van der Waals surface area contributed by atoms with Crippen molar-refractivity contribution in [2.45, 2.75) is 50.3 Å². The number of sulfone groups is 1. The van der Waals surface area contributed by atoms with Crippen molar-refractivity contribution in [3.63, 3.8) is 0 Å². The molecule has 1 aliphatic carbocycles. The number of hydrogen-bond donors (Lipinski definition) is 2. The summed E-state index contributed by atoms with van der Waals surface area (Å²) in [5, 5.41) is 5.66. The van der Waals surface area contributed by atoms with E-state index in [4.69, 9.17) is 0 Å². The Labute approximate surface area is 178 Å². The summed E-state index contributed by atoms with van der Waals surface area (Å²) in [5.41, 5.74) is 1.62. The molecule has 0 saturated heterocycles. The highest BCUT2D eigenvalue weighted by atomic mass is 32.2. The van der Waals surface area contributed by atoms with Gasteiger partial charge in [0.05, 0.1) is 5.75 Å². The molecular formula is C23H28N2O4S. The zero-order valence-corrected chi connectivity index (χ0v) is 17.8. The molecule has 160 valence electrons. The fourth-order valence-electron chi connectivity index (χ4n) is 3.67. The molecule has 2 aromatic carbocycles. The first kappa shape index (κ1) is 22.0. The van der Waals surface area contributed by atoms with Crippen LogP contribution in [-0.2, 0) is 20.4 Å². The Balaban J connectivity index is 1.53. The van der Waals surface area contributed by atoms with Gasteiger partial charge in [0.1, 0.15) is 5.75 Å². The van der Waals surface area contributed by atoms with Gasteiger partial charge in [0.25, 0.3) is 5.91 Å². The topological polar surface area (TPSA) is 92.3 Å². The van der Waals surface area contributed by atoms with Crippen LogP contribution < -0.4 is 10.6 Å². The lowest BCUT2D eigenvalue weighted by Crippen LogP contribution is -2.34. The summed E-state index contributed by atoms with van der Waals surface area (Å²) in [6.45, 7) is 0. The molecule has 1 saturated carbocycles. The van der Waals surface area contributed by atoms with Crippen LogP contribution in [0.2, 0.25) is 0 Å². The van der Waals surface area contributed by atoms with E-state index >= 15 is 0 Å². The van der Waals surface area contributed by atoms with Gasteiger partial charge in [0.2, 0.25) is 5.91 Å². The third-order valence-corrected chi connectivity index (χ3v) is 6.68. The quantitative estimate of drug-likeness (QED) is 0.658. The molecule has 6 nitrogen and oxygen atoms in total. The van der Waals surface area contributed by atoms with Gasteiger partial charge in [-0.1, -0.05) is 56.0 Å². The second kappa shape index (κ2) is 10.4. The minimum absolute atomic E-state index is 0.126. The number of carbonyl (C=O) groups excluding carboxylic acids is 2. The number of rotatable bonds is 7. The number of hydrogen-bond acceptors (Lipinski definition) is 4. The smallest absolute Gasteiger partial charge is 0.251 e. The number of benzene rings is 2. The van der Waals surface area contributed by atoms with Gasteiger partial charge in [-0.05, 0) is 42.7 Å². The van der Waals surface area contributed by atoms with Crippen molar-refractivity contribution in [2.75, 3.05) is 11.1 Å². The summed E-state index contributed by atoms with van der Waals surface area (Å²) in [4.78, 5) is 24.5. The van der Waals surface area contributed by atoms with Gasteiger partial charge >= 0.3 is 0 Å². The molecule has 3 rings (SSSR count). The first-order valence-corrected chi connectivity index (χ1v) is 12.2. The van der Waals surface area contributed by atoms with Crippen molar-refractivity contribution in [1.29, 1.82) is 0 Å². The second-order valence-electron chi connectivity index (χ2n) is 7.81. The molecule has 30 heavy (non-hydrogen) atoms. The van der Waals surface area contributed by atoms with E-state index in [0.29, 0.717) is 16.8 Å². The maximum atomic E-state index is 12.5. The average Bonchev–Trinajstić information content (AvgIpc) is 2.97. The fraction of sp³-hybridized carbons (Fsp3) is 0.391. The summed E-state index contributed by atoms with van der Waals surface area (Å²) < 4.78 is 24.7. The molecule has 0 unspecified atom stereocenters. The molecule has 1 aliphatic rings. The Morgan fingerprint density at radius 1 is 0.867 bits per heavy atom. The lowest BCUT2D eigenvalue weighted by Gasteiger charge is -2.16. The Hall–Kier alpha value is -2.67. The van der Waals surface area contributed by atoms with Crippen LogP contribution >= 0.6 is 0 Å². The molecule has 1 fully saturated rings. The predicted octanol–water partition coefficient (Wildman–Crippen LogP) is 3.69. The number of nitrogens with one attached hydrogen (secondary N) is 2. The molecule has 2 amide bonds. The minimum atomic E-state index is -3.63. The molecule has 0 bridgehead atoms. The van der Waals surface area contributed by atoms with E-state index in [9.17, 15) is 18.0 Å². The second-order valence-corrected chi connectivity index (χ2v) is 9.87. The van der Waals surface area contributed by atoms with Gasteiger partial charge in [-0.2, -0.15) is 0 Å². The Bertz CT molecular complexity index is 948. The molecule has 0 aromatic heterocycles. The molecule has 2 N–H and O–H groups in total. The summed E-state index contributed by atoms with van der Waals surface area (Å²) in [5.74, 6) is -1.54. The largest absolute Gasteiger partial charge is 0.349 e. The van der Waals surface area contributed by atoms with Gasteiger partial charge in [-0.15, -0.1) is 0 Å². The Kier molecular flexibility index (Phi) is 7.63. The van der Waals surface area contributed by atoms with Crippen molar-refractivity contribution in [1.82, 2.24) is 5.32 Å². The molecular weight excluding hydrogens is 400 g/mol. The average molecular weight is 429 g/mol. The minimum Gasteiger partial charge on any atom is -0.349 e. The Morgan fingerprint density at radius 2 is 1.50 bits per heavy atom. The molecule has 0 heterocycles. The number of carbonyl (C=O) groups is 2. The van der Waals surface area contributed by atoms with Crippen LogP contribution in [0.5, 0.6) is 0 Å². The molecule has 7 heteroatoms. The zero-order chi connectivity index (χ0) is 21.4. The summed E-state index contributed by atoms with van der Waals surface area (Å²) in [6.07, 6.45) is 6.73. The van der Waals surface area contributed by atoms with Crippen LogP contribution in [0.3, 0.4) is 0 Å². The molecule has 0 atom stereocenters. The van der Waals surface area contributed by atoms with Gasteiger partial charge < -0.3 is 10.6 Å². The van der Waals surface area contributed by atoms with Crippen molar-refractivity contribution >= 4 is 27.3 Å². The van der Waals surface area contributed by atoms with Crippen LogP contribution in [0.4, 0.5) is 5.69 Å². The van der Waals surface area contributed by atoms with Gasteiger partial charge in [0, 0.05) is 17.3 Å². The fourth-order valence-corrected chi connectivity index (χ4v) is 4.94. The highest BCUT2D eigenvalue weighted by Gasteiger charge is 2.19.